The maximum atomic E-state index is 9.36. The summed E-state index contributed by atoms with van der Waals surface area (Å²) in [5, 5.41) is 9.36. The van der Waals surface area contributed by atoms with Crippen molar-refractivity contribution in [1.82, 2.24) is 9.55 Å². The number of phenolic OH excluding ortho intramolecular Hbond substituents is 1. The van der Waals surface area contributed by atoms with Gasteiger partial charge in [-0.3, -0.25) is 0 Å². The van der Waals surface area contributed by atoms with E-state index in [-0.39, 0.29) is 5.75 Å². The minimum atomic E-state index is 0.252. The number of aromatic nitrogens is 2. The van der Waals surface area contributed by atoms with Gasteiger partial charge in [-0.05, 0) is 25.6 Å². The number of rotatable bonds is 3. The van der Waals surface area contributed by atoms with Gasteiger partial charge < -0.3 is 15.4 Å². The van der Waals surface area contributed by atoms with Crippen LogP contribution in [-0.4, -0.2) is 21.2 Å². The zero-order valence-corrected chi connectivity index (χ0v) is 8.77. The third-order valence-corrected chi connectivity index (χ3v) is 2.50. The highest BCUT2D eigenvalue weighted by Gasteiger charge is 2.08. The highest BCUT2D eigenvalue weighted by molar-refractivity contribution is 5.77. The zero-order chi connectivity index (χ0) is 10.8. The second-order valence-corrected chi connectivity index (χ2v) is 3.48. The lowest BCUT2D eigenvalue weighted by molar-refractivity contribution is 0.476. The first-order chi connectivity index (χ1) is 7.26. The van der Waals surface area contributed by atoms with Crippen LogP contribution in [0, 0.1) is 0 Å². The summed E-state index contributed by atoms with van der Waals surface area (Å²) in [5.74, 6) is 1.24. The zero-order valence-electron chi connectivity index (χ0n) is 8.77. The molecule has 4 heteroatoms. The SMILES string of the molecule is CCn1c(CCN)nc2cc(O)ccc21. The average Bonchev–Trinajstić information content (AvgIpc) is 2.54. The van der Waals surface area contributed by atoms with Crippen LogP contribution in [0.5, 0.6) is 5.75 Å². The van der Waals surface area contributed by atoms with Crippen molar-refractivity contribution in [3.63, 3.8) is 0 Å². The lowest BCUT2D eigenvalue weighted by atomic mass is 10.3. The number of hydrogen-bond acceptors (Lipinski definition) is 3. The lowest BCUT2D eigenvalue weighted by Crippen LogP contribution is -2.09. The topological polar surface area (TPSA) is 64.1 Å². The molecule has 1 aromatic carbocycles. The Balaban J connectivity index is 2.62. The fraction of sp³-hybridized carbons (Fsp3) is 0.364. The molecule has 0 aliphatic carbocycles. The molecule has 0 fully saturated rings. The summed E-state index contributed by atoms with van der Waals surface area (Å²) < 4.78 is 2.13. The van der Waals surface area contributed by atoms with Crippen molar-refractivity contribution in [3.05, 3.63) is 24.0 Å². The molecule has 0 spiro atoms. The van der Waals surface area contributed by atoms with Crippen LogP contribution in [-0.2, 0) is 13.0 Å². The first-order valence-electron chi connectivity index (χ1n) is 5.14. The Labute approximate surface area is 88.3 Å². The maximum absolute atomic E-state index is 9.36. The Morgan fingerprint density at radius 2 is 2.27 bits per heavy atom. The quantitative estimate of drug-likeness (QED) is 0.793. The summed E-state index contributed by atoms with van der Waals surface area (Å²) in [6, 6.07) is 5.26. The second kappa shape index (κ2) is 3.90. The fourth-order valence-electron chi connectivity index (χ4n) is 1.84. The van der Waals surface area contributed by atoms with E-state index < -0.39 is 0 Å². The van der Waals surface area contributed by atoms with E-state index in [9.17, 15) is 5.11 Å². The van der Waals surface area contributed by atoms with Crippen molar-refractivity contribution in [1.29, 1.82) is 0 Å². The monoisotopic (exact) mass is 205 g/mol. The molecule has 1 heterocycles. The summed E-state index contributed by atoms with van der Waals surface area (Å²) >= 11 is 0. The van der Waals surface area contributed by atoms with Gasteiger partial charge in [-0.15, -0.1) is 0 Å². The Kier molecular flexibility index (Phi) is 2.60. The molecular weight excluding hydrogens is 190 g/mol. The highest BCUT2D eigenvalue weighted by Crippen LogP contribution is 2.21. The molecule has 2 rings (SSSR count). The van der Waals surface area contributed by atoms with Gasteiger partial charge in [-0.2, -0.15) is 0 Å². The average molecular weight is 205 g/mol. The Bertz CT molecular complexity index is 476. The van der Waals surface area contributed by atoms with Gasteiger partial charge in [-0.25, -0.2) is 4.98 Å². The van der Waals surface area contributed by atoms with Gasteiger partial charge in [0, 0.05) is 19.0 Å². The van der Waals surface area contributed by atoms with Crippen LogP contribution in [0.15, 0.2) is 18.2 Å². The Morgan fingerprint density at radius 1 is 1.47 bits per heavy atom. The Morgan fingerprint density at radius 3 is 2.93 bits per heavy atom. The number of phenols is 1. The first-order valence-corrected chi connectivity index (χ1v) is 5.14. The number of hydrogen-bond donors (Lipinski definition) is 2. The van der Waals surface area contributed by atoms with Gasteiger partial charge >= 0.3 is 0 Å². The molecular formula is C11H15N3O. The van der Waals surface area contributed by atoms with E-state index >= 15 is 0 Å². The van der Waals surface area contributed by atoms with E-state index in [1.54, 1.807) is 12.1 Å². The van der Waals surface area contributed by atoms with Crippen molar-refractivity contribution in [3.8, 4) is 5.75 Å². The van der Waals surface area contributed by atoms with Crippen LogP contribution in [0.2, 0.25) is 0 Å². The molecule has 0 saturated carbocycles. The van der Waals surface area contributed by atoms with Gasteiger partial charge in [0.2, 0.25) is 0 Å². The minimum absolute atomic E-state index is 0.252. The van der Waals surface area contributed by atoms with Crippen molar-refractivity contribution in [2.45, 2.75) is 19.9 Å². The van der Waals surface area contributed by atoms with Crippen molar-refractivity contribution in [2.75, 3.05) is 6.54 Å². The normalized spacial score (nSPS) is 11.1. The number of imidazole rings is 1. The molecule has 4 nitrogen and oxygen atoms in total. The van der Waals surface area contributed by atoms with Gasteiger partial charge in [0.05, 0.1) is 11.0 Å². The van der Waals surface area contributed by atoms with Crippen molar-refractivity contribution >= 4 is 11.0 Å². The summed E-state index contributed by atoms with van der Waals surface area (Å²) in [6.07, 6.45) is 0.767. The number of aryl methyl sites for hydroxylation is 1. The molecule has 0 radical (unpaired) electrons. The number of benzene rings is 1. The van der Waals surface area contributed by atoms with E-state index in [0.717, 1.165) is 29.8 Å². The van der Waals surface area contributed by atoms with E-state index in [0.29, 0.717) is 6.54 Å². The van der Waals surface area contributed by atoms with Crippen LogP contribution in [0.1, 0.15) is 12.7 Å². The second-order valence-electron chi connectivity index (χ2n) is 3.48. The Hall–Kier alpha value is -1.55. The van der Waals surface area contributed by atoms with Gasteiger partial charge in [0.25, 0.3) is 0 Å². The molecule has 0 aliphatic heterocycles. The van der Waals surface area contributed by atoms with Crippen LogP contribution in [0.25, 0.3) is 11.0 Å². The third-order valence-electron chi connectivity index (χ3n) is 2.50. The largest absolute Gasteiger partial charge is 0.508 e. The van der Waals surface area contributed by atoms with Crippen LogP contribution in [0.4, 0.5) is 0 Å². The van der Waals surface area contributed by atoms with Crippen LogP contribution < -0.4 is 5.73 Å². The van der Waals surface area contributed by atoms with Crippen LogP contribution >= 0.6 is 0 Å². The molecule has 1 aromatic heterocycles. The molecule has 80 valence electrons. The van der Waals surface area contributed by atoms with E-state index in [4.69, 9.17) is 5.73 Å². The van der Waals surface area contributed by atoms with Gasteiger partial charge in [-0.1, -0.05) is 0 Å². The summed E-state index contributed by atoms with van der Waals surface area (Å²) in [6.45, 7) is 3.54. The van der Waals surface area contributed by atoms with Crippen molar-refractivity contribution < 1.29 is 5.11 Å². The lowest BCUT2D eigenvalue weighted by Gasteiger charge is -2.04. The fourth-order valence-corrected chi connectivity index (χ4v) is 1.84. The minimum Gasteiger partial charge on any atom is -0.508 e. The molecule has 3 N–H and O–H groups in total. The van der Waals surface area contributed by atoms with Gasteiger partial charge in [0.1, 0.15) is 11.6 Å². The molecule has 0 amide bonds. The highest BCUT2D eigenvalue weighted by atomic mass is 16.3. The molecule has 0 unspecified atom stereocenters. The first kappa shape index (κ1) is 9.98. The summed E-state index contributed by atoms with van der Waals surface area (Å²) in [7, 11) is 0. The van der Waals surface area contributed by atoms with E-state index in [2.05, 4.69) is 16.5 Å². The maximum Gasteiger partial charge on any atom is 0.117 e. The molecule has 0 bridgehead atoms. The van der Waals surface area contributed by atoms with E-state index in [1.165, 1.54) is 0 Å². The van der Waals surface area contributed by atoms with Gasteiger partial charge in [0.15, 0.2) is 0 Å². The number of nitrogens with zero attached hydrogens (tertiary/aromatic N) is 2. The molecule has 15 heavy (non-hydrogen) atoms. The van der Waals surface area contributed by atoms with Crippen LogP contribution in [0.3, 0.4) is 0 Å². The molecule has 2 aromatic rings. The number of aromatic hydroxyl groups is 1. The smallest absolute Gasteiger partial charge is 0.117 e. The van der Waals surface area contributed by atoms with E-state index in [1.807, 2.05) is 6.07 Å². The van der Waals surface area contributed by atoms with Crippen molar-refractivity contribution in [2.24, 2.45) is 5.73 Å². The molecule has 0 atom stereocenters. The summed E-state index contributed by atoms with van der Waals surface area (Å²) in [4.78, 5) is 4.46. The number of fused-ring (bicyclic) bond motifs is 1. The third kappa shape index (κ3) is 1.68. The predicted molar refractivity (Wildman–Crippen MR) is 59.8 cm³/mol. The summed E-state index contributed by atoms with van der Waals surface area (Å²) in [5.41, 5.74) is 7.42. The molecule has 0 aliphatic rings. The molecule has 0 saturated heterocycles. The standard InChI is InChI=1S/C11H15N3O/c1-2-14-10-4-3-8(15)7-9(10)13-11(14)5-6-12/h3-4,7,15H,2,5-6,12H2,1H3. The number of nitrogens with two attached hydrogens (primary N) is 1. The predicted octanol–water partition coefficient (Wildman–Crippen LogP) is 1.26.